The van der Waals surface area contributed by atoms with Crippen molar-refractivity contribution in [3.8, 4) is 5.75 Å². The molecule has 0 atom stereocenters. The molecule has 0 saturated heterocycles. The molecule has 20 heavy (non-hydrogen) atoms. The van der Waals surface area contributed by atoms with E-state index in [4.69, 9.17) is 4.74 Å². The summed E-state index contributed by atoms with van der Waals surface area (Å²) >= 11 is 3.21. The topological polar surface area (TPSA) is 55.4 Å². The molecule has 7 heteroatoms. The van der Waals surface area contributed by atoms with Crippen LogP contribution in [0.25, 0.3) is 0 Å². The molecule has 0 bridgehead atoms. The zero-order chi connectivity index (χ0) is 14.8. The maximum Gasteiger partial charge on any atom is 0.261 e. The van der Waals surface area contributed by atoms with E-state index in [1.54, 1.807) is 12.1 Å². The average Bonchev–Trinajstić information content (AvgIpc) is 2.40. The fourth-order valence-corrected chi connectivity index (χ4v) is 3.22. The van der Waals surface area contributed by atoms with Gasteiger partial charge in [0.25, 0.3) is 10.0 Å². The minimum atomic E-state index is -3.73. The largest absolute Gasteiger partial charge is 0.494 e. The number of methoxy groups -OCH3 is 1. The Kier molecular flexibility index (Phi) is 4.29. The summed E-state index contributed by atoms with van der Waals surface area (Å²) in [7, 11) is -2.42. The summed E-state index contributed by atoms with van der Waals surface area (Å²) < 4.78 is 45.4. The Morgan fingerprint density at radius 2 is 1.95 bits per heavy atom. The monoisotopic (exact) mass is 359 g/mol. The van der Waals surface area contributed by atoms with E-state index in [-0.39, 0.29) is 16.3 Å². The predicted molar refractivity (Wildman–Crippen MR) is 77.9 cm³/mol. The van der Waals surface area contributed by atoms with Gasteiger partial charge in [-0.2, -0.15) is 0 Å². The molecular formula is C13H11BrFNO3S. The number of rotatable bonds is 4. The highest BCUT2D eigenvalue weighted by Gasteiger charge is 2.15. The summed E-state index contributed by atoms with van der Waals surface area (Å²) in [5.41, 5.74) is 0.225. The third-order valence-electron chi connectivity index (χ3n) is 2.51. The molecule has 0 unspecified atom stereocenters. The second-order valence-corrected chi connectivity index (χ2v) is 6.51. The number of ether oxygens (including phenoxy) is 1. The highest BCUT2D eigenvalue weighted by Crippen LogP contribution is 2.24. The van der Waals surface area contributed by atoms with Gasteiger partial charge >= 0.3 is 0 Å². The Labute approximate surface area is 124 Å². The number of hydrogen-bond acceptors (Lipinski definition) is 3. The molecule has 0 saturated carbocycles. The summed E-state index contributed by atoms with van der Waals surface area (Å²) in [5.74, 6) is -0.586. The highest BCUT2D eigenvalue weighted by atomic mass is 79.9. The van der Waals surface area contributed by atoms with Crippen LogP contribution < -0.4 is 9.46 Å². The van der Waals surface area contributed by atoms with Crippen molar-refractivity contribution in [3.05, 3.63) is 52.8 Å². The van der Waals surface area contributed by atoms with Crippen LogP contribution in [0.1, 0.15) is 0 Å². The van der Waals surface area contributed by atoms with Crippen LogP contribution in [0.3, 0.4) is 0 Å². The third-order valence-corrected chi connectivity index (χ3v) is 4.38. The fraction of sp³-hybridized carbons (Fsp3) is 0.0769. The van der Waals surface area contributed by atoms with E-state index >= 15 is 0 Å². The van der Waals surface area contributed by atoms with Crippen LogP contribution in [-0.2, 0) is 10.0 Å². The molecule has 0 aromatic heterocycles. The molecule has 106 valence electrons. The molecule has 0 aliphatic heterocycles. The van der Waals surface area contributed by atoms with Crippen LogP contribution in [-0.4, -0.2) is 15.5 Å². The maximum absolute atomic E-state index is 13.3. The van der Waals surface area contributed by atoms with Crippen LogP contribution in [0, 0.1) is 5.82 Å². The lowest BCUT2D eigenvalue weighted by atomic mass is 10.3. The van der Waals surface area contributed by atoms with E-state index in [1.165, 1.54) is 31.4 Å². The molecule has 2 aromatic rings. The minimum absolute atomic E-state index is 0.0283. The molecule has 2 rings (SSSR count). The maximum atomic E-state index is 13.3. The van der Waals surface area contributed by atoms with Gasteiger partial charge in [0, 0.05) is 10.5 Å². The molecule has 0 heterocycles. The number of hydrogen-bond donors (Lipinski definition) is 1. The average molecular weight is 360 g/mol. The molecule has 0 aliphatic carbocycles. The van der Waals surface area contributed by atoms with Crippen molar-refractivity contribution in [1.29, 1.82) is 0 Å². The van der Waals surface area contributed by atoms with E-state index in [2.05, 4.69) is 20.7 Å². The number of anilines is 1. The number of sulfonamides is 1. The molecule has 4 nitrogen and oxygen atoms in total. The van der Waals surface area contributed by atoms with Crippen molar-refractivity contribution < 1.29 is 17.5 Å². The van der Waals surface area contributed by atoms with Crippen LogP contribution in [0.5, 0.6) is 5.75 Å². The predicted octanol–water partition coefficient (Wildman–Crippen LogP) is 3.40. The molecule has 0 spiro atoms. The van der Waals surface area contributed by atoms with Gasteiger partial charge in [-0.05, 0) is 30.3 Å². The minimum Gasteiger partial charge on any atom is -0.494 e. The fourth-order valence-electron chi connectivity index (χ4n) is 1.57. The Morgan fingerprint density at radius 3 is 2.60 bits per heavy atom. The molecule has 0 amide bonds. The lowest BCUT2D eigenvalue weighted by molar-refractivity contribution is 0.387. The Bertz CT molecular complexity index is 734. The van der Waals surface area contributed by atoms with Gasteiger partial charge in [0.2, 0.25) is 0 Å². The number of nitrogens with one attached hydrogen (secondary N) is 1. The van der Waals surface area contributed by atoms with Crippen molar-refractivity contribution in [2.24, 2.45) is 0 Å². The third kappa shape index (κ3) is 3.29. The van der Waals surface area contributed by atoms with Gasteiger partial charge in [0.05, 0.1) is 17.7 Å². The first-order valence-electron chi connectivity index (χ1n) is 5.54. The van der Waals surface area contributed by atoms with Crippen molar-refractivity contribution in [2.45, 2.75) is 4.90 Å². The summed E-state index contributed by atoms with van der Waals surface area (Å²) in [6.07, 6.45) is 0. The first-order valence-corrected chi connectivity index (χ1v) is 7.82. The molecule has 0 fully saturated rings. The van der Waals surface area contributed by atoms with Crippen molar-refractivity contribution >= 4 is 31.6 Å². The van der Waals surface area contributed by atoms with Gasteiger partial charge in [-0.3, -0.25) is 4.72 Å². The Morgan fingerprint density at radius 1 is 1.20 bits per heavy atom. The highest BCUT2D eigenvalue weighted by molar-refractivity contribution is 9.10. The zero-order valence-electron chi connectivity index (χ0n) is 10.4. The second kappa shape index (κ2) is 5.80. The van der Waals surface area contributed by atoms with Crippen molar-refractivity contribution in [2.75, 3.05) is 11.8 Å². The molecule has 0 aliphatic rings. The lowest BCUT2D eigenvalue weighted by Crippen LogP contribution is -2.13. The van der Waals surface area contributed by atoms with Gasteiger partial charge < -0.3 is 4.74 Å². The quantitative estimate of drug-likeness (QED) is 0.909. The van der Waals surface area contributed by atoms with E-state index < -0.39 is 15.8 Å². The van der Waals surface area contributed by atoms with Crippen LogP contribution >= 0.6 is 15.9 Å². The molecular weight excluding hydrogens is 349 g/mol. The van der Waals surface area contributed by atoms with E-state index in [1.807, 2.05) is 0 Å². The Balaban J connectivity index is 2.33. The van der Waals surface area contributed by atoms with Crippen LogP contribution in [0.2, 0.25) is 0 Å². The standard InChI is InChI=1S/C13H11BrFNO3S/c1-19-13-8-10(5-6-12(13)15)16-20(17,18)11-4-2-3-9(14)7-11/h2-8,16H,1H3. The van der Waals surface area contributed by atoms with E-state index in [0.29, 0.717) is 4.47 Å². The van der Waals surface area contributed by atoms with Crippen molar-refractivity contribution in [3.63, 3.8) is 0 Å². The number of halogens is 2. The van der Waals surface area contributed by atoms with Crippen LogP contribution in [0.15, 0.2) is 51.8 Å². The SMILES string of the molecule is COc1cc(NS(=O)(=O)c2cccc(Br)c2)ccc1F. The van der Waals surface area contributed by atoms with E-state index in [9.17, 15) is 12.8 Å². The Hall–Kier alpha value is -1.60. The first-order chi connectivity index (χ1) is 9.42. The van der Waals surface area contributed by atoms with Crippen LogP contribution in [0.4, 0.5) is 10.1 Å². The molecule has 2 aromatic carbocycles. The summed E-state index contributed by atoms with van der Waals surface area (Å²) in [6.45, 7) is 0. The second-order valence-electron chi connectivity index (χ2n) is 3.91. The first kappa shape index (κ1) is 14.8. The number of benzene rings is 2. The molecule has 1 N–H and O–H groups in total. The summed E-state index contributed by atoms with van der Waals surface area (Å²) in [6, 6.07) is 10.0. The normalized spacial score (nSPS) is 11.2. The molecule has 0 radical (unpaired) electrons. The zero-order valence-corrected chi connectivity index (χ0v) is 12.8. The van der Waals surface area contributed by atoms with Gasteiger partial charge in [0.1, 0.15) is 0 Å². The summed E-state index contributed by atoms with van der Waals surface area (Å²) in [4.78, 5) is 0.107. The van der Waals surface area contributed by atoms with Gasteiger partial charge in [-0.25, -0.2) is 12.8 Å². The smallest absolute Gasteiger partial charge is 0.261 e. The van der Waals surface area contributed by atoms with Gasteiger partial charge in [-0.1, -0.05) is 22.0 Å². The summed E-state index contributed by atoms with van der Waals surface area (Å²) in [5, 5.41) is 0. The van der Waals surface area contributed by atoms with Crippen molar-refractivity contribution in [1.82, 2.24) is 0 Å². The lowest BCUT2D eigenvalue weighted by Gasteiger charge is -2.10. The van der Waals surface area contributed by atoms with Gasteiger partial charge in [0.15, 0.2) is 11.6 Å². The van der Waals surface area contributed by atoms with Gasteiger partial charge in [-0.15, -0.1) is 0 Å². The van der Waals surface area contributed by atoms with E-state index in [0.717, 1.165) is 6.07 Å².